The molecule has 1 aromatic carbocycles. The minimum atomic E-state index is 0. The lowest BCUT2D eigenvalue weighted by atomic mass is 10.1. The summed E-state index contributed by atoms with van der Waals surface area (Å²) < 4.78 is 0. The van der Waals surface area contributed by atoms with Crippen LogP contribution in [0.15, 0.2) is 24.3 Å². The highest BCUT2D eigenvalue weighted by molar-refractivity contribution is 5.94. The van der Waals surface area contributed by atoms with Gasteiger partial charge in [0.1, 0.15) is 0 Å². The molecule has 0 bridgehead atoms. The Kier molecular flexibility index (Phi) is 7.26. The summed E-state index contributed by atoms with van der Waals surface area (Å²) in [6.45, 7) is 4.97. The van der Waals surface area contributed by atoms with Crippen LogP contribution in [0.2, 0.25) is 0 Å². The van der Waals surface area contributed by atoms with Crippen LogP contribution in [-0.2, 0) is 11.3 Å². The van der Waals surface area contributed by atoms with Crippen LogP contribution >= 0.6 is 12.4 Å². The molecule has 1 atom stereocenters. The van der Waals surface area contributed by atoms with Gasteiger partial charge in [0.2, 0.25) is 5.91 Å². The van der Waals surface area contributed by atoms with E-state index < -0.39 is 0 Å². The molecule has 2 aliphatic rings. The zero-order valence-electron chi connectivity index (χ0n) is 14.8. The number of halogens is 1. The van der Waals surface area contributed by atoms with Gasteiger partial charge < -0.3 is 15.5 Å². The number of carbonyl (C=O) groups is 2. The number of nitrogens with one attached hydrogen (secondary N) is 2. The Morgan fingerprint density at radius 3 is 2.52 bits per heavy atom. The van der Waals surface area contributed by atoms with Crippen molar-refractivity contribution in [2.75, 3.05) is 19.6 Å². The van der Waals surface area contributed by atoms with Gasteiger partial charge in [-0.2, -0.15) is 0 Å². The highest BCUT2D eigenvalue weighted by Gasteiger charge is 2.23. The second kappa shape index (κ2) is 9.20. The maximum Gasteiger partial charge on any atom is 0.253 e. The minimum Gasteiger partial charge on any atom is -0.352 e. The quantitative estimate of drug-likeness (QED) is 0.861. The van der Waals surface area contributed by atoms with Crippen molar-refractivity contribution in [2.45, 2.75) is 45.2 Å². The van der Waals surface area contributed by atoms with Crippen molar-refractivity contribution in [1.82, 2.24) is 15.5 Å². The van der Waals surface area contributed by atoms with E-state index in [4.69, 9.17) is 0 Å². The first-order chi connectivity index (χ1) is 11.6. The van der Waals surface area contributed by atoms with Crippen LogP contribution < -0.4 is 10.6 Å². The van der Waals surface area contributed by atoms with E-state index >= 15 is 0 Å². The minimum absolute atomic E-state index is 0. The van der Waals surface area contributed by atoms with Crippen LogP contribution in [0.1, 0.15) is 48.5 Å². The predicted molar refractivity (Wildman–Crippen MR) is 101 cm³/mol. The summed E-state index contributed by atoms with van der Waals surface area (Å²) in [5.74, 6) is 0.452. The summed E-state index contributed by atoms with van der Waals surface area (Å²) in [6.07, 6.45) is 4.36. The van der Waals surface area contributed by atoms with Gasteiger partial charge in [-0.1, -0.05) is 25.0 Å². The highest BCUT2D eigenvalue weighted by atomic mass is 35.5. The SMILES string of the molecule is CC1CN(C(=O)c2ccc(CNC(=O)C3CCCC3)cc2)CCN1.Cl. The number of benzene rings is 1. The Morgan fingerprint density at radius 2 is 1.88 bits per heavy atom. The van der Waals surface area contributed by atoms with Gasteiger partial charge in [-0.3, -0.25) is 9.59 Å². The summed E-state index contributed by atoms with van der Waals surface area (Å²) in [6, 6.07) is 7.95. The zero-order valence-corrected chi connectivity index (χ0v) is 15.6. The lowest BCUT2D eigenvalue weighted by molar-refractivity contribution is -0.124. The highest BCUT2D eigenvalue weighted by Crippen LogP contribution is 2.24. The van der Waals surface area contributed by atoms with Crippen molar-refractivity contribution < 1.29 is 9.59 Å². The van der Waals surface area contributed by atoms with Crippen LogP contribution in [0.25, 0.3) is 0 Å². The molecule has 0 aromatic heterocycles. The van der Waals surface area contributed by atoms with E-state index in [2.05, 4.69) is 17.6 Å². The fourth-order valence-electron chi connectivity index (χ4n) is 3.59. The van der Waals surface area contributed by atoms with Gasteiger partial charge in [-0.05, 0) is 37.5 Å². The van der Waals surface area contributed by atoms with Gasteiger partial charge >= 0.3 is 0 Å². The first kappa shape index (κ1) is 19.7. The average molecular weight is 366 g/mol. The fourth-order valence-corrected chi connectivity index (χ4v) is 3.59. The molecule has 2 N–H and O–H groups in total. The van der Waals surface area contributed by atoms with Gasteiger partial charge in [-0.25, -0.2) is 0 Å². The average Bonchev–Trinajstić information content (AvgIpc) is 3.14. The number of hydrogen-bond acceptors (Lipinski definition) is 3. The van der Waals surface area contributed by atoms with Crippen LogP contribution in [0, 0.1) is 5.92 Å². The standard InChI is InChI=1S/C19H27N3O2.ClH/c1-14-13-22(11-10-20-14)19(24)17-8-6-15(7-9-17)12-21-18(23)16-4-2-3-5-16;/h6-9,14,16,20H,2-5,10-13H2,1H3,(H,21,23);1H. The second-order valence-corrected chi connectivity index (χ2v) is 7.00. The van der Waals surface area contributed by atoms with E-state index in [1.165, 1.54) is 12.8 Å². The van der Waals surface area contributed by atoms with E-state index in [-0.39, 0.29) is 30.1 Å². The van der Waals surface area contributed by atoms with E-state index in [0.29, 0.717) is 12.6 Å². The summed E-state index contributed by atoms with van der Waals surface area (Å²) in [7, 11) is 0. The van der Waals surface area contributed by atoms with Crippen molar-refractivity contribution in [2.24, 2.45) is 5.92 Å². The molecule has 0 radical (unpaired) electrons. The fraction of sp³-hybridized carbons (Fsp3) is 0.579. The summed E-state index contributed by atoms with van der Waals surface area (Å²) >= 11 is 0. The molecule has 1 aromatic rings. The maximum absolute atomic E-state index is 12.5. The molecule has 1 heterocycles. The molecule has 6 heteroatoms. The second-order valence-electron chi connectivity index (χ2n) is 7.00. The van der Waals surface area contributed by atoms with Crippen molar-refractivity contribution in [3.63, 3.8) is 0 Å². The molecule has 0 spiro atoms. The van der Waals surface area contributed by atoms with Gasteiger partial charge in [0, 0.05) is 43.7 Å². The molecule has 1 unspecified atom stereocenters. The molecule has 3 rings (SSSR count). The number of nitrogens with zero attached hydrogens (tertiary/aromatic N) is 1. The number of piperazine rings is 1. The zero-order chi connectivity index (χ0) is 16.9. The third kappa shape index (κ3) is 5.19. The largest absolute Gasteiger partial charge is 0.352 e. The van der Waals surface area contributed by atoms with Crippen molar-refractivity contribution in [3.05, 3.63) is 35.4 Å². The lowest BCUT2D eigenvalue weighted by Gasteiger charge is -2.32. The summed E-state index contributed by atoms with van der Waals surface area (Å²) in [5, 5.41) is 6.36. The molecule has 1 aliphatic heterocycles. The molecule has 2 amide bonds. The number of amides is 2. The summed E-state index contributed by atoms with van der Waals surface area (Å²) in [5.41, 5.74) is 1.75. The van der Waals surface area contributed by atoms with Gasteiger partial charge in [0.05, 0.1) is 0 Å². The Labute approximate surface area is 155 Å². The van der Waals surface area contributed by atoms with Gasteiger partial charge in [0.25, 0.3) is 5.91 Å². The first-order valence-electron chi connectivity index (χ1n) is 9.03. The van der Waals surface area contributed by atoms with E-state index in [9.17, 15) is 9.59 Å². The van der Waals surface area contributed by atoms with Gasteiger partial charge in [0.15, 0.2) is 0 Å². The van der Waals surface area contributed by atoms with Crippen LogP contribution in [0.3, 0.4) is 0 Å². The number of carbonyl (C=O) groups excluding carboxylic acids is 2. The molecular weight excluding hydrogens is 338 g/mol. The molecule has 1 aliphatic carbocycles. The van der Waals surface area contributed by atoms with Crippen molar-refractivity contribution >= 4 is 24.2 Å². The number of rotatable bonds is 4. The molecule has 138 valence electrons. The van der Waals surface area contributed by atoms with E-state index in [1.54, 1.807) is 0 Å². The predicted octanol–water partition coefficient (Wildman–Crippen LogP) is 2.35. The molecule has 25 heavy (non-hydrogen) atoms. The normalized spacial score (nSPS) is 20.8. The monoisotopic (exact) mass is 365 g/mol. The summed E-state index contributed by atoms with van der Waals surface area (Å²) in [4.78, 5) is 26.5. The van der Waals surface area contributed by atoms with Crippen LogP contribution in [0.5, 0.6) is 0 Å². The third-order valence-electron chi connectivity index (χ3n) is 5.05. The molecule has 5 nitrogen and oxygen atoms in total. The maximum atomic E-state index is 12.5. The Morgan fingerprint density at radius 1 is 1.20 bits per heavy atom. The van der Waals surface area contributed by atoms with Crippen molar-refractivity contribution in [3.8, 4) is 0 Å². The van der Waals surface area contributed by atoms with Gasteiger partial charge in [-0.15, -0.1) is 12.4 Å². The smallest absolute Gasteiger partial charge is 0.253 e. The third-order valence-corrected chi connectivity index (χ3v) is 5.05. The first-order valence-corrected chi connectivity index (χ1v) is 9.03. The molecule has 2 fully saturated rings. The topological polar surface area (TPSA) is 61.4 Å². The Balaban J connectivity index is 0.00000225. The Hall–Kier alpha value is -1.59. The number of hydrogen-bond donors (Lipinski definition) is 2. The molecule has 1 saturated carbocycles. The van der Waals surface area contributed by atoms with E-state index in [1.807, 2.05) is 29.2 Å². The van der Waals surface area contributed by atoms with Crippen LogP contribution in [-0.4, -0.2) is 42.4 Å². The Bertz CT molecular complexity index is 585. The van der Waals surface area contributed by atoms with E-state index in [0.717, 1.165) is 43.6 Å². The van der Waals surface area contributed by atoms with Crippen molar-refractivity contribution in [1.29, 1.82) is 0 Å². The lowest BCUT2D eigenvalue weighted by Crippen LogP contribution is -2.51. The molecule has 1 saturated heterocycles. The van der Waals surface area contributed by atoms with Crippen LogP contribution in [0.4, 0.5) is 0 Å². The molecular formula is C19H28ClN3O2.